The highest BCUT2D eigenvalue weighted by Crippen LogP contribution is 2.28. The van der Waals surface area contributed by atoms with Gasteiger partial charge in [-0.25, -0.2) is 13.4 Å². The van der Waals surface area contributed by atoms with Gasteiger partial charge in [-0.15, -0.1) is 11.3 Å². The molecule has 2 heterocycles. The van der Waals surface area contributed by atoms with Crippen molar-refractivity contribution in [3.05, 3.63) is 65.0 Å². The molecule has 2 atom stereocenters. The van der Waals surface area contributed by atoms with Crippen LogP contribution in [0.2, 0.25) is 0 Å². The van der Waals surface area contributed by atoms with E-state index in [1.54, 1.807) is 16.4 Å². The summed E-state index contributed by atoms with van der Waals surface area (Å²) in [5, 5.41) is 13.9. The number of nitrogens with one attached hydrogen (secondary N) is 1. The number of anilines is 1. The van der Waals surface area contributed by atoms with Crippen molar-refractivity contribution in [3.63, 3.8) is 0 Å². The molecular formula is C24H24N4O3S2. The van der Waals surface area contributed by atoms with Crippen LogP contribution >= 0.6 is 11.3 Å². The van der Waals surface area contributed by atoms with Crippen LogP contribution in [0.25, 0.3) is 11.3 Å². The van der Waals surface area contributed by atoms with Gasteiger partial charge in [0.1, 0.15) is 0 Å². The molecule has 0 spiro atoms. The van der Waals surface area contributed by atoms with Gasteiger partial charge < -0.3 is 0 Å². The average Bonchev–Trinajstić information content (AvgIpc) is 3.27. The van der Waals surface area contributed by atoms with E-state index >= 15 is 0 Å². The van der Waals surface area contributed by atoms with Gasteiger partial charge in [-0.2, -0.15) is 9.57 Å². The molecule has 33 heavy (non-hydrogen) atoms. The van der Waals surface area contributed by atoms with Crippen LogP contribution in [0.15, 0.2) is 58.8 Å². The molecule has 9 heteroatoms. The van der Waals surface area contributed by atoms with E-state index in [0.717, 1.165) is 12.0 Å². The van der Waals surface area contributed by atoms with Crippen molar-refractivity contribution in [3.8, 4) is 17.3 Å². The molecule has 0 radical (unpaired) electrons. The Labute approximate surface area is 197 Å². The third kappa shape index (κ3) is 5.14. The molecule has 1 aromatic heterocycles. The van der Waals surface area contributed by atoms with Gasteiger partial charge in [0.05, 0.1) is 22.2 Å². The number of benzene rings is 2. The lowest BCUT2D eigenvalue weighted by atomic mass is 9.94. The molecular weight excluding hydrogens is 456 g/mol. The molecule has 0 aliphatic carbocycles. The summed E-state index contributed by atoms with van der Waals surface area (Å²) in [7, 11) is -3.59. The Morgan fingerprint density at radius 1 is 1.09 bits per heavy atom. The van der Waals surface area contributed by atoms with Crippen LogP contribution < -0.4 is 5.32 Å². The fourth-order valence-corrected chi connectivity index (χ4v) is 6.47. The molecule has 1 aliphatic heterocycles. The Kier molecular flexibility index (Phi) is 6.61. The van der Waals surface area contributed by atoms with Crippen LogP contribution in [0.3, 0.4) is 0 Å². The summed E-state index contributed by atoms with van der Waals surface area (Å²) in [4.78, 5) is 17.3. The van der Waals surface area contributed by atoms with E-state index in [1.165, 1.54) is 35.6 Å². The summed E-state index contributed by atoms with van der Waals surface area (Å²) in [6, 6.07) is 15.1. The molecule has 1 aliphatic rings. The summed E-state index contributed by atoms with van der Waals surface area (Å²) in [5.41, 5.74) is 2.47. The first-order chi connectivity index (χ1) is 15.8. The molecule has 3 aromatic rings. The fourth-order valence-electron chi connectivity index (χ4n) is 4.08. The molecule has 1 amide bonds. The number of thiazole rings is 1. The Balaban J connectivity index is 1.44. The zero-order chi connectivity index (χ0) is 23.6. The number of hydrogen-bond donors (Lipinski definition) is 1. The van der Waals surface area contributed by atoms with Crippen molar-refractivity contribution in [2.24, 2.45) is 11.8 Å². The maximum absolute atomic E-state index is 13.0. The zero-order valence-corrected chi connectivity index (χ0v) is 20.0. The van der Waals surface area contributed by atoms with Crippen LogP contribution in [0.1, 0.15) is 36.2 Å². The Bertz CT molecular complexity index is 1280. The first-order valence-corrected chi connectivity index (χ1v) is 13.0. The molecule has 7 nitrogen and oxygen atoms in total. The predicted molar refractivity (Wildman–Crippen MR) is 128 cm³/mol. The second-order valence-corrected chi connectivity index (χ2v) is 11.3. The Hall–Kier alpha value is -3.06. The summed E-state index contributed by atoms with van der Waals surface area (Å²) in [5.74, 6) is 0.280. The molecule has 1 N–H and O–H groups in total. The summed E-state index contributed by atoms with van der Waals surface area (Å²) in [6.45, 7) is 5.16. The molecule has 1 saturated heterocycles. The maximum atomic E-state index is 13.0. The molecule has 0 saturated carbocycles. The number of carbonyl (C=O) groups excluding carboxylic acids is 1. The number of piperidine rings is 1. The number of aromatic nitrogens is 1. The van der Waals surface area contributed by atoms with Crippen molar-refractivity contribution in [2.45, 2.75) is 25.2 Å². The number of sulfonamides is 1. The van der Waals surface area contributed by atoms with Gasteiger partial charge in [0.2, 0.25) is 10.0 Å². The van der Waals surface area contributed by atoms with Crippen molar-refractivity contribution in [1.29, 1.82) is 5.26 Å². The highest BCUT2D eigenvalue weighted by Gasteiger charge is 2.31. The van der Waals surface area contributed by atoms with Crippen molar-refractivity contribution >= 4 is 32.4 Å². The van der Waals surface area contributed by atoms with Gasteiger partial charge >= 0.3 is 0 Å². The molecule has 0 bridgehead atoms. The third-order valence-corrected chi connectivity index (χ3v) is 8.23. The van der Waals surface area contributed by atoms with Crippen LogP contribution in [-0.2, 0) is 10.0 Å². The number of amides is 1. The van der Waals surface area contributed by atoms with Gasteiger partial charge in [0, 0.05) is 29.6 Å². The maximum Gasteiger partial charge on any atom is 0.257 e. The van der Waals surface area contributed by atoms with E-state index in [9.17, 15) is 13.2 Å². The number of nitriles is 1. The van der Waals surface area contributed by atoms with Gasteiger partial charge in [0.15, 0.2) is 5.13 Å². The predicted octanol–water partition coefficient (Wildman–Crippen LogP) is 4.60. The quantitative estimate of drug-likeness (QED) is 0.575. The van der Waals surface area contributed by atoms with Gasteiger partial charge in [-0.1, -0.05) is 26.0 Å². The largest absolute Gasteiger partial charge is 0.298 e. The van der Waals surface area contributed by atoms with E-state index in [2.05, 4.69) is 30.2 Å². The molecule has 1 fully saturated rings. The van der Waals surface area contributed by atoms with Crippen molar-refractivity contribution in [1.82, 2.24) is 9.29 Å². The topological polar surface area (TPSA) is 103 Å². The SMILES string of the molecule is C[C@H]1C[C@H](C)CN(S(=O)(=O)c2ccc(C(=O)Nc3nc(-c4ccc(C#N)cc4)cs3)cc2)C1. The first kappa shape index (κ1) is 23.1. The molecule has 2 aromatic carbocycles. The highest BCUT2D eigenvalue weighted by molar-refractivity contribution is 7.89. The Morgan fingerprint density at radius 2 is 1.73 bits per heavy atom. The van der Waals surface area contributed by atoms with E-state index in [0.29, 0.717) is 46.9 Å². The number of nitrogens with zero attached hydrogens (tertiary/aromatic N) is 3. The zero-order valence-electron chi connectivity index (χ0n) is 18.4. The lowest BCUT2D eigenvalue weighted by Crippen LogP contribution is -2.42. The van der Waals surface area contributed by atoms with Gasteiger partial charge in [-0.3, -0.25) is 10.1 Å². The number of rotatable bonds is 5. The van der Waals surface area contributed by atoms with Crippen LogP contribution in [-0.4, -0.2) is 36.7 Å². The monoisotopic (exact) mass is 480 g/mol. The number of hydrogen-bond acceptors (Lipinski definition) is 6. The molecule has 0 unspecified atom stereocenters. The number of carbonyl (C=O) groups is 1. The average molecular weight is 481 g/mol. The highest BCUT2D eigenvalue weighted by atomic mass is 32.2. The molecule has 4 rings (SSSR count). The first-order valence-electron chi connectivity index (χ1n) is 10.6. The summed E-state index contributed by atoms with van der Waals surface area (Å²) < 4.78 is 27.6. The van der Waals surface area contributed by atoms with E-state index < -0.39 is 10.0 Å². The lowest BCUT2D eigenvalue weighted by molar-refractivity contribution is 0.102. The van der Waals surface area contributed by atoms with E-state index in [4.69, 9.17) is 5.26 Å². The second kappa shape index (κ2) is 9.43. The van der Waals surface area contributed by atoms with Crippen LogP contribution in [0.4, 0.5) is 5.13 Å². The minimum atomic E-state index is -3.59. The third-order valence-electron chi connectivity index (χ3n) is 5.62. The summed E-state index contributed by atoms with van der Waals surface area (Å²) in [6.07, 6.45) is 1.02. The van der Waals surface area contributed by atoms with E-state index in [-0.39, 0.29) is 10.8 Å². The minimum Gasteiger partial charge on any atom is -0.298 e. The lowest BCUT2D eigenvalue weighted by Gasteiger charge is -2.34. The van der Waals surface area contributed by atoms with Gasteiger partial charge in [0.25, 0.3) is 5.91 Å². The fraction of sp³-hybridized carbons (Fsp3) is 0.292. The smallest absolute Gasteiger partial charge is 0.257 e. The Morgan fingerprint density at radius 3 is 2.33 bits per heavy atom. The van der Waals surface area contributed by atoms with Crippen molar-refractivity contribution in [2.75, 3.05) is 18.4 Å². The van der Waals surface area contributed by atoms with E-state index in [1.807, 2.05) is 17.5 Å². The van der Waals surface area contributed by atoms with Gasteiger partial charge in [-0.05, 0) is 54.7 Å². The van der Waals surface area contributed by atoms with Crippen LogP contribution in [0.5, 0.6) is 0 Å². The molecule has 170 valence electrons. The van der Waals surface area contributed by atoms with Crippen molar-refractivity contribution < 1.29 is 13.2 Å². The normalized spacial score (nSPS) is 19.1. The second-order valence-electron chi connectivity index (χ2n) is 8.47. The standard InChI is InChI=1S/C24H24N4O3S2/c1-16-11-17(2)14-28(13-16)33(30,31)21-9-7-20(8-10-21)23(29)27-24-26-22(15-32-24)19-5-3-18(12-25)4-6-19/h3-10,15-17H,11,13-14H2,1-2H3,(H,26,27,29)/t16-,17-/m0/s1. The minimum absolute atomic E-state index is 0.192. The summed E-state index contributed by atoms with van der Waals surface area (Å²) >= 11 is 1.29. The van der Waals surface area contributed by atoms with Crippen LogP contribution in [0, 0.1) is 23.2 Å².